The van der Waals surface area contributed by atoms with Gasteiger partial charge in [0.05, 0.1) is 6.04 Å². The summed E-state index contributed by atoms with van der Waals surface area (Å²) in [5.41, 5.74) is 4.54. The molecule has 0 aliphatic heterocycles. The molecular formula is C12H20N2S. The number of rotatable bonds is 4. The number of thiophene rings is 1. The third-order valence-electron chi connectivity index (χ3n) is 3.46. The molecule has 1 aliphatic rings. The summed E-state index contributed by atoms with van der Waals surface area (Å²) < 4.78 is 0. The molecule has 1 aromatic heterocycles. The fraction of sp³-hybridized carbons (Fsp3) is 0.667. The van der Waals surface area contributed by atoms with Crippen LogP contribution in [-0.2, 0) is 12.8 Å². The van der Waals surface area contributed by atoms with Crippen LogP contribution in [0.5, 0.6) is 0 Å². The summed E-state index contributed by atoms with van der Waals surface area (Å²) in [5, 5.41) is 0. The SMILES string of the molecule is CCC(C)C(NN)c1cc2c(s1)CCC2. The lowest BCUT2D eigenvalue weighted by Gasteiger charge is -2.20. The third kappa shape index (κ3) is 2.10. The van der Waals surface area contributed by atoms with E-state index in [1.807, 2.05) is 11.3 Å². The summed E-state index contributed by atoms with van der Waals surface area (Å²) >= 11 is 1.96. The molecule has 0 bridgehead atoms. The molecule has 2 rings (SSSR count). The molecule has 3 N–H and O–H groups in total. The molecule has 0 radical (unpaired) electrons. The Bertz CT molecular complexity index is 311. The summed E-state index contributed by atoms with van der Waals surface area (Å²) in [6.45, 7) is 4.48. The molecular weight excluding hydrogens is 204 g/mol. The van der Waals surface area contributed by atoms with Crippen molar-refractivity contribution in [3.8, 4) is 0 Å². The molecule has 0 fully saturated rings. The maximum Gasteiger partial charge on any atom is 0.0578 e. The zero-order valence-electron chi connectivity index (χ0n) is 9.55. The predicted octanol–water partition coefficient (Wildman–Crippen LogP) is 2.79. The van der Waals surface area contributed by atoms with E-state index in [-0.39, 0.29) is 0 Å². The largest absolute Gasteiger partial charge is 0.271 e. The lowest BCUT2D eigenvalue weighted by molar-refractivity contribution is 0.388. The number of fused-ring (bicyclic) bond motifs is 1. The average Bonchev–Trinajstić information content (AvgIpc) is 2.78. The fourth-order valence-corrected chi connectivity index (χ4v) is 3.72. The van der Waals surface area contributed by atoms with Gasteiger partial charge in [-0.3, -0.25) is 11.3 Å². The van der Waals surface area contributed by atoms with Gasteiger partial charge in [-0.15, -0.1) is 11.3 Å². The first-order valence-corrected chi connectivity index (χ1v) is 6.65. The van der Waals surface area contributed by atoms with Gasteiger partial charge >= 0.3 is 0 Å². The highest BCUT2D eigenvalue weighted by molar-refractivity contribution is 7.12. The molecule has 1 aliphatic carbocycles. The van der Waals surface area contributed by atoms with E-state index in [4.69, 9.17) is 5.84 Å². The van der Waals surface area contributed by atoms with E-state index in [2.05, 4.69) is 25.3 Å². The van der Waals surface area contributed by atoms with Crippen LogP contribution >= 0.6 is 11.3 Å². The van der Waals surface area contributed by atoms with Crippen molar-refractivity contribution in [2.75, 3.05) is 0 Å². The van der Waals surface area contributed by atoms with E-state index < -0.39 is 0 Å². The van der Waals surface area contributed by atoms with Crippen LogP contribution < -0.4 is 11.3 Å². The van der Waals surface area contributed by atoms with E-state index >= 15 is 0 Å². The molecule has 15 heavy (non-hydrogen) atoms. The zero-order chi connectivity index (χ0) is 10.8. The van der Waals surface area contributed by atoms with Gasteiger partial charge in [0.1, 0.15) is 0 Å². The van der Waals surface area contributed by atoms with Gasteiger partial charge in [0.15, 0.2) is 0 Å². The second kappa shape index (κ2) is 4.64. The molecule has 0 amide bonds. The number of hydrogen-bond donors (Lipinski definition) is 2. The fourth-order valence-electron chi connectivity index (χ4n) is 2.27. The summed E-state index contributed by atoms with van der Waals surface area (Å²) in [6.07, 6.45) is 5.05. The van der Waals surface area contributed by atoms with Crippen LogP contribution in [0.2, 0.25) is 0 Å². The van der Waals surface area contributed by atoms with E-state index in [1.54, 1.807) is 10.4 Å². The Balaban J connectivity index is 2.19. The Morgan fingerprint density at radius 1 is 1.53 bits per heavy atom. The van der Waals surface area contributed by atoms with Gasteiger partial charge in [-0.2, -0.15) is 0 Å². The Hall–Kier alpha value is -0.380. The van der Waals surface area contributed by atoms with E-state index in [0.717, 1.165) is 6.42 Å². The minimum Gasteiger partial charge on any atom is -0.271 e. The van der Waals surface area contributed by atoms with Crippen molar-refractivity contribution in [3.05, 3.63) is 21.4 Å². The number of aryl methyl sites for hydroxylation is 2. The smallest absolute Gasteiger partial charge is 0.0578 e. The zero-order valence-corrected chi connectivity index (χ0v) is 10.4. The molecule has 0 aromatic carbocycles. The van der Waals surface area contributed by atoms with Crippen LogP contribution in [-0.4, -0.2) is 0 Å². The van der Waals surface area contributed by atoms with Gasteiger partial charge in [-0.05, 0) is 36.8 Å². The van der Waals surface area contributed by atoms with Crippen LogP contribution in [0.3, 0.4) is 0 Å². The number of hydrazine groups is 1. The molecule has 0 saturated heterocycles. The number of nitrogens with one attached hydrogen (secondary N) is 1. The van der Waals surface area contributed by atoms with Crippen LogP contribution in [0, 0.1) is 5.92 Å². The number of nitrogens with two attached hydrogens (primary N) is 1. The first kappa shape index (κ1) is 11.1. The Morgan fingerprint density at radius 3 is 2.93 bits per heavy atom. The summed E-state index contributed by atoms with van der Waals surface area (Å²) in [7, 11) is 0. The molecule has 2 atom stereocenters. The van der Waals surface area contributed by atoms with Crippen molar-refractivity contribution >= 4 is 11.3 Å². The van der Waals surface area contributed by atoms with E-state index in [9.17, 15) is 0 Å². The second-order valence-corrected chi connectivity index (χ2v) is 5.65. The van der Waals surface area contributed by atoms with Crippen molar-refractivity contribution < 1.29 is 0 Å². The lowest BCUT2D eigenvalue weighted by atomic mass is 9.98. The quantitative estimate of drug-likeness (QED) is 0.609. The van der Waals surface area contributed by atoms with Crippen LogP contribution in [0.1, 0.15) is 48.0 Å². The van der Waals surface area contributed by atoms with Crippen molar-refractivity contribution in [1.82, 2.24) is 5.43 Å². The standard InChI is InChI=1S/C12H20N2S/c1-3-8(2)12(14-13)11-7-9-5-4-6-10(9)15-11/h7-8,12,14H,3-6,13H2,1-2H3. The second-order valence-electron chi connectivity index (χ2n) is 4.48. The third-order valence-corrected chi connectivity index (χ3v) is 4.78. The van der Waals surface area contributed by atoms with Crippen molar-refractivity contribution in [2.45, 2.75) is 45.6 Å². The van der Waals surface area contributed by atoms with E-state index in [1.165, 1.54) is 24.1 Å². The molecule has 1 aromatic rings. The van der Waals surface area contributed by atoms with Gasteiger partial charge in [-0.1, -0.05) is 20.3 Å². The summed E-state index contributed by atoms with van der Waals surface area (Å²) in [4.78, 5) is 3.02. The van der Waals surface area contributed by atoms with Crippen LogP contribution in [0.4, 0.5) is 0 Å². The first-order chi connectivity index (χ1) is 7.26. The minimum atomic E-state index is 0.339. The minimum absolute atomic E-state index is 0.339. The molecule has 1 heterocycles. The van der Waals surface area contributed by atoms with Gasteiger partial charge in [0.25, 0.3) is 0 Å². The topological polar surface area (TPSA) is 38.0 Å². The number of hydrogen-bond acceptors (Lipinski definition) is 3. The van der Waals surface area contributed by atoms with Crippen LogP contribution in [0.15, 0.2) is 6.07 Å². The van der Waals surface area contributed by atoms with E-state index in [0.29, 0.717) is 12.0 Å². The molecule has 2 unspecified atom stereocenters. The molecule has 0 saturated carbocycles. The van der Waals surface area contributed by atoms with Crippen molar-refractivity contribution in [1.29, 1.82) is 0 Å². The van der Waals surface area contributed by atoms with Gasteiger partial charge in [0, 0.05) is 9.75 Å². The highest BCUT2D eigenvalue weighted by atomic mass is 32.1. The Morgan fingerprint density at radius 2 is 2.33 bits per heavy atom. The summed E-state index contributed by atoms with van der Waals surface area (Å²) in [6, 6.07) is 2.70. The summed E-state index contributed by atoms with van der Waals surface area (Å²) in [5.74, 6) is 6.26. The maximum atomic E-state index is 5.66. The van der Waals surface area contributed by atoms with Crippen molar-refractivity contribution in [2.24, 2.45) is 11.8 Å². The molecule has 84 valence electrons. The normalized spacial score (nSPS) is 18.9. The average molecular weight is 224 g/mol. The van der Waals surface area contributed by atoms with Gasteiger partial charge in [-0.25, -0.2) is 0 Å². The maximum absolute atomic E-state index is 5.66. The van der Waals surface area contributed by atoms with Gasteiger partial charge < -0.3 is 0 Å². The molecule has 3 heteroatoms. The monoisotopic (exact) mass is 224 g/mol. The lowest BCUT2D eigenvalue weighted by Crippen LogP contribution is -2.31. The highest BCUT2D eigenvalue weighted by Crippen LogP contribution is 2.36. The van der Waals surface area contributed by atoms with Crippen molar-refractivity contribution in [3.63, 3.8) is 0 Å². The van der Waals surface area contributed by atoms with Gasteiger partial charge in [0.2, 0.25) is 0 Å². The molecule has 0 spiro atoms. The Labute approximate surface area is 95.8 Å². The predicted molar refractivity (Wildman–Crippen MR) is 65.9 cm³/mol. The highest BCUT2D eigenvalue weighted by Gasteiger charge is 2.22. The van der Waals surface area contributed by atoms with Crippen LogP contribution in [0.25, 0.3) is 0 Å². The Kier molecular flexibility index (Phi) is 3.44. The molecule has 2 nitrogen and oxygen atoms in total. The first-order valence-electron chi connectivity index (χ1n) is 5.83.